The molecule has 0 radical (unpaired) electrons. The van der Waals surface area contributed by atoms with Crippen molar-refractivity contribution in [1.29, 1.82) is 0 Å². The minimum absolute atomic E-state index is 0.0355. The zero-order valence-electron chi connectivity index (χ0n) is 18.6. The number of allylic oxidation sites excluding steroid dienone is 1. The lowest BCUT2D eigenvalue weighted by molar-refractivity contribution is 0.442. The molecule has 0 spiro atoms. The monoisotopic (exact) mass is 468 g/mol. The van der Waals surface area contributed by atoms with Crippen LogP contribution in [0.2, 0.25) is 0 Å². The van der Waals surface area contributed by atoms with E-state index in [1.165, 1.54) is 67.4 Å². The maximum absolute atomic E-state index is 12.4. The molecule has 2 aromatic rings. The van der Waals surface area contributed by atoms with Crippen molar-refractivity contribution in [1.82, 2.24) is 0 Å². The fourth-order valence-electron chi connectivity index (χ4n) is 5.85. The predicted molar refractivity (Wildman–Crippen MR) is 131 cm³/mol. The van der Waals surface area contributed by atoms with Crippen LogP contribution < -0.4 is 0 Å². The number of benzene rings is 2. The van der Waals surface area contributed by atoms with E-state index in [4.69, 9.17) is 0 Å². The van der Waals surface area contributed by atoms with E-state index >= 15 is 0 Å². The predicted octanol–water partition coefficient (Wildman–Crippen LogP) is 7.75. The molecule has 3 aliphatic rings. The van der Waals surface area contributed by atoms with Crippen molar-refractivity contribution in [2.24, 2.45) is 0 Å². The maximum atomic E-state index is 12.4. The van der Waals surface area contributed by atoms with Gasteiger partial charge in [0, 0.05) is 15.4 Å². The second kappa shape index (κ2) is 9.00. The fraction of sp³-hybridized carbons (Fsp3) is 0.481. The van der Waals surface area contributed by atoms with Gasteiger partial charge in [0.25, 0.3) is 10.1 Å². The van der Waals surface area contributed by atoms with E-state index in [2.05, 4.69) is 30.8 Å². The van der Waals surface area contributed by atoms with Gasteiger partial charge in [0.1, 0.15) is 4.90 Å². The van der Waals surface area contributed by atoms with Gasteiger partial charge in [0.2, 0.25) is 0 Å². The molecule has 5 heteroatoms. The zero-order chi connectivity index (χ0) is 22.3. The summed E-state index contributed by atoms with van der Waals surface area (Å²) < 4.78 is 35.0. The van der Waals surface area contributed by atoms with E-state index in [0.717, 1.165) is 28.9 Å². The molecule has 1 aliphatic heterocycles. The lowest BCUT2D eigenvalue weighted by atomic mass is 9.83. The van der Waals surface area contributed by atoms with E-state index in [1.54, 1.807) is 17.8 Å². The molecule has 1 N–H and O–H groups in total. The first kappa shape index (κ1) is 22.2. The lowest BCUT2D eigenvalue weighted by Crippen LogP contribution is -2.09. The van der Waals surface area contributed by atoms with Gasteiger partial charge in [0.15, 0.2) is 0 Å². The summed E-state index contributed by atoms with van der Waals surface area (Å²) in [5.41, 5.74) is 5.01. The first-order valence-electron chi connectivity index (χ1n) is 12.0. The van der Waals surface area contributed by atoms with E-state index < -0.39 is 10.1 Å². The molecule has 170 valence electrons. The van der Waals surface area contributed by atoms with Crippen LogP contribution >= 0.6 is 11.8 Å². The van der Waals surface area contributed by atoms with Crippen molar-refractivity contribution in [3.05, 3.63) is 59.2 Å². The quantitative estimate of drug-likeness (QED) is 0.468. The third-order valence-corrected chi connectivity index (χ3v) is 9.61. The summed E-state index contributed by atoms with van der Waals surface area (Å²) in [7, 11) is -4.34. The second-order valence-electron chi connectivity index (χ2n) is 9.79. The molecule has 2 saturated carbocycles. The summed E-state index contributed by atoms with van der Waals surface area (Å²) in [5.74, 6) is 0.988. The van der Waals surface area contributed by atoms with Gasteiger partial charge >= 0.3 is 0 Å². The van der Waals surface area contributed by atoms with Crippen LogP contribution in [0.3, 0.4) is 0 Å². The highest BCUT2D eigenvalue weighted by Gasteiger charge is 2.28. The Morgan fingerprint density at radius 3 is 2.03 bits per heavy atom. The maximum Gasteiger partial charge on any atom is 0.295 e. The van der Waals surface area contributed by atoms with Crippen LogP contribution in [0.5, 0.6) is 0 Å². The van der Waals surface area contributed by atoms with Crippen molar-refractivity contribution >= 4 is 27.5 Å². The van der Waals surface area contributed by atoms with Gasteiger partial charge in [-0.1, -0.05) is 69.0 Å². The number of hydrogen-bond donors (Lipinski definition) is 1. The lowest BCUT2D eigenvalue weighted by Gasteiger charge is -2.24. The highest BCUT2D eigenvalue weighted by Crippen LogP contribution is 2.47. The Hall–Kier alpha value is -1.56. The Bertz CT molecular complexity index is 1140. The first-order chi connectivity index (χ1) is 15.4. The molecule has 0 aromatic heterocycles. The van der Waals surface area contributed by atoms with Crippen LogP contribution in [-0.2, 0) is 16.5 Å². The Balaban J connectivity index is 1.60. The average molecular weight is 469 g/mol. The van der Waals surface area contributed by atoms with Gasteiger partial charge in [-0.25, -0.2) is 0 Å². The molecule has 32 heavy (non-hydrogen) atoms. The molecule has 3 nitrogen and oxygen atoms in total. The molecule has 0 bridgehead atoms. The van der Waals surface area contributed by atoms with Gasteiger partial charge in [-0.2, -0.15) is 8.42 Å². The fourth-order valence-corrected chi connectivity index (χ4v) is 7.97. The van der Waals surface area contributed by atoms with Crippen molar-refractivity contribution < 1.29 is 13.0 Å². The topological polar surface area (TPSA) is 54.4 Å². The van der Waals surface area contributed by atoms with E-state index in [-0.39, 0.29) is 4.90 Å². The van der Waals surface area contributed by atoms with Crippen molar-refractivity contribution in [3.63, 3.8) is 0 Å². The smallest absolute Gasteiger partial charge is 0.282 e. The number of rotatable bonds is 3. The summed E-state index contributed by atoms with van der Waals surface area (Å²) in [6, 6.07) is 10.7. The summed E-state index contributed by atoms with van der Waals surface area (Å²) >= 11 is 1.66. The molecule has 0 amide bonds. The minimum Gasteiger partial charge on any atom is -0.282 e. The standard InChI is InChI=1S/C27H32O3S2/c1-18-14-22-13-12-21(19-8-4-2-5-9-19)15-24(22)31-25-16-23(20-10-6-3-7-11-20)17-26(27(18)25)32(28,29)30/h12-13,15-17,19-20H,1-11,14H2,(H,28,29,30). The number of hydrogen-bond acceptors (Lipinski definition) is 3. The molecule has 0 atom stereocenters. The Morgan fingerprint density at radius 1 is 0.812 bits per heavy atom. The van der Waals surface area contributed by atoms with Gasteiger partial charge in [0.05, 0.1) is 0 Å². The molecule has 5 rings (SSSR count). The van der Waals surface area contributed by atoms with Gasteiger partial charge in [-0.05, 0) is 84.4 Å². The Morgan fingerprint density at radius 2 is 1.41 bits per heavy atom. The zero-order valence-corrected chi connectivity index (χ0v) is 20.2. The van der Waals surface area contributed by atoms with Crippen LogP contribution in [0.25, 0.3) is 5.57 Å². The number of fused-ring (bicyclic) bond motifs is 2. The SMILES string of the molecule is C=C1Cc2ccc(C3CCCCC3)cc2Sc2cc(C3CCCCC3)cc(S(=O)(=O)O)c21. The van der Waals surface area contributed by atoms with Gasteiger partial charge in [-0.3, -0.25) is 4.55 Å². The minimum atomic E-state index is -4.34. The summed E-state index contributed by atoms with van der Waals surface area (Å²) in [4.78, 5) is 2.16. The highest BCUT2D eigenvalue weighted by molar-refractivity contribution is 7.99. The second-order valence-corrected chi connectivity index (χ2v) is 12.3. The van der Waals surface area contributed by atoms with Crippen molar-refractivity contribution in [3.8, 4) is 0 Å². The van der Waals surface area contributed by atoms with Crippen molar-refractivity contribution in [2.45, 2.75) is 97.2 Å². The molecular formula is C27H32O3S2. The van der Waals surface area contributed by atoms with E-state index in [9.17, 15) is 13.0 Å². The average Bonchev–Trinajstić information content (AvgIpc) is 2.94. The van der Waals surface area contributed by atoms with E-state index in [0.29, 0.717) is 23.8 Å². The largest absolute Gasteiger partial charge is 0.295 e. The molecule has 0 unspecified atom stereocenters. The Kier molecular flexibility index (Phi) is 6.26. The highest BCUT2D eigenvalue weighted by atomic mass is 32.2. The molecule has 2 fully saturated rings. The van der Waals surface area contributed by atoms with Crippen molar-refractivity contribution in [2.75, 3.05) is 0 Å². The van der Waals surface area contributed by atoms with Crippen LogP contribution in [0, 0.1) is 0 Å². The summed E-state index contributed by atoms with van der Waals surface area (Å²) in [6.45, 7) is 4.25. The molecule has 2 aromatic carbocycles. The third-order valence-electron chi connectivity index (χ3n) is 7.59. The normalized spacial score (nSPS) is 20.5. The van der Waals surface area contributed by atoms with Gasteiger partial charge in [-0.15, -0.1) is 0 Å². The molecule has 1 heterocycles. The Labute approximate surface area is 196 Å². The third kappa shape index (κ3) is 4.44. The summed E-state index contributed by atoms with van der Waals surface area (Å²) in [5, 5.41) is 0. The molecule has 0 saturated heterocycles. The molecular weight excluding hydrogens is 436 g/mol. The van der Waals surface area contributed by atoms with Crippen LogP contribution in [0.4, 0.5) is 0 Å². The van der Waals surface area contributed by atoms with Crippen LogP contribution in [0.15, 0.2) is 51.6 Å². The van der Waals surface area contributed by atoms with Gasteiger partial charge < -0.3 is 0 Å². The van der Waals surface area contributed by atoms with Crippen LogP contribution in [-0.4, -0.2) is 13.0 Å². The van der Waals surface area contributed by atoms with Crippen LogP contribution in [0.1, 0.15) is 98.3 Å². The first-order valence-corrected chi connectivity index (χ1v) is 14.3. The molecule has 2 aliphatic carbocycles. The van der Waals surface area contributed by atoms with E-state index in [1.807, 2.05) is 0 Å². The summed E-state index contributed by atoms with van der Waals surface area (Å²) in [6.07, 6.45) is 12.8.